The van der Waals surface area contributed by atoms with Crippen LogP contribution < -0.4 is 15.6 Å². The summed E-state index contributed by atoms with van der Waals surface area (Å²) in [6, 6.07) is 4.98. The van der Waals surface area contributed by atoms with E-state index >= 15 is 0 Å². The Morgan fingerprint density at radius 3 is 2.57 bits per heavy atom. The molecule has 0 saturated carbocycles. The molecule has 0 bridgehead atoms. The van der Waals surface area contributed by atoms with Crippen LogP contribution in [0.4, 0.5) is 13.2 Å². The molecule has 1 aromatic carbocycles. The Hall–Kier alpha value is -3.54. The number of aliphatic hydroxyl groups is 1. The molecule has 0 radical (unpaired) electrons. The van der Waals surface area contributed by atoms with Crippen molar-refractivity contribution >= 4 is 28.3 Å². The number of carbonyl (C=O) groups excluding carboxylic acids is 1. The van der Waals surface area contributed by atoms with Crippen LogP contribution in [-0.2, 0) is 11.4 Å². The molecule has 3 rings (SSSR count). The van der Waals surface area contributed by atoms with E-state index < -0.39 is 48.3 Å². The lowest BCUT2D eigenvalue weighted by atomic mass is 10.1. The van der Waals surface area contributed by atoms with Crippen molar-refractivity contribution < 1.29 is 37.7 Å². The molecule has 0 atom stereocenters. The monoisotopic (exact) mass is 399 g/mol. The highest BCUT2D eigenvalue weighted by Crippen LogP contribution is 2.33. The number of carboxylic acid groups (broad SMARTS) is 1. The van der Waals surface area contributed by atoms with Crippen LogP contribution in [-0.4, -0.2) is 44.6 Å². The maximum atomic E-state index is 12.6. The first-order valence-corrected chi connectivity index (χ1v) is 7.68. The zero-order valence-electron chi connectivity index (χ0n) is 13.8. The second-order valence-electron chi connectivity index (χ2n) is 5.63. The molecule has 2 aromatic heterocycles. The third-order valence-electron chi connectivity index (χ3n) is 3.87. The van der Waals surface area contributed by atoms with Gasteiger partial charge in [0.05, 0.1) is 17.6 Å². The summed E-state index contributed by atoms with van der Waals surface area (Å²) in [5, 5.41) is 22.6. The van der Waals surface area contributed by atoms with Gasteiger partial charge in [0.15, 0.2) is 0 Å². The number of benzene rings is 1. The first-order chi connectivity index (χ1) is 13.1. The third kappa shape index (κ3) is 3.49. The van der Waals surface area contributed by atoms with Crippen LogP contribution in [0, 0.1) is 0 Å². The molecule has 0 aliphatic rings. The molecule has 0 aliphatic carbocycles. The van der Waals surface area contributed by atoms with E-state index in [1.165, 1.54) is 18.2 Å². The Kier molecular flexibility index (Phi) is 4.73. The molecule has 1 amide bonds. The molecular weight excluding hydrogens is 387 g/mol. The number of aliphatic carboxylic acids is 1. The molecule has 12 heteroatoms. The summed E-state index contributed by atoms with van der Waals surface area (Å²) in [6.07, 6.45) is -4.95. The number of carboxylic acids is 1. The lowest BCUT2D eigenvalue weighted by molar-refractivity contribution is -0.274. The van der Waals surface area contributed by atoms with E-state index in [-0.39, 0.29) is 22.0 Å². The van der Waals surface area contributed by atoms with Gasteiger partial charge in [-0.15, -0.1) is 13.2 Å². The smallest absolute Gasteiger partial charge is 0.480 e. The number of rotatable bonds is 5. The number of nitrogens with one attached hydrogen (secondary N) is 2. The summed E-state index contributed by atoms with van der Waals surface area (Å²) in [5.74, 6) is -2.93. The van der Waals surface area contributed by atoms with E-state index in [4.69, 9.17) is 5.11 Å². The molecule has 9 nitrogen and oxygen atoms in total. The largest absolute Gasteiger partial charge is 0.573 e. The number of H-pyrrole nitrogens is 1. The lowest BCUT2D eigenvalue weighted by Gasteiger charge is -2.10. The minimum absolute atomic E-state index is 0.0201. The van der Waals surface area contributed by atoms with Gasteiger partial charge >= 0.3 is 12.3 Å². The number of aliphatic hydroxyl groups excluding tert-OH is 1. The molecule has 28 heavy (non-hydrogen) atoms. The summed E-state index contributed by atoms with van der Waals surface area (Å²) in [6.45, 7) is -1.56. The topological polar surface area (TPSA) is 133 Å². The standard InChI is InChI=1S/C16H12F3N3O6/c17-16(18,19)28-11-3-1-2-9-7(11)4-10-8(6-23)13(15(27)21-22(9)10)14(26)20-5-12(24)25/h1-4,23H,5-6H2,(H,20,26)(H,21,27)(H,24,25). The molecule has 0 spiro atoms. The number of alkyl halides is 3. The molecule has 4 N–H and O–H groups in total. The van der Waals surface area contributed by atoms with Gasteiger partial charge in [0.25, 0.3) is 11.5 Å². The Morgan fingerprint density at radius 1 is 1.25 bits per heavy atom. The maximum absolute atomic E-state index is 12.6. The predicted octanol–water partition coefficient (Wildman–Crippen LogP) is 0.986. The third-order valence-corrected chi connectivity index (χ3v) is 3.87. The van der Waals surface area contributed by atoms with E-state index in [9.17, 15) is 32.7 Å². The van der Waals surface area contributed by atoms with Gasteiger partial charge in [-0.25, -0.2) is 0 Å². The Balaban J connectivity index is 2.25. The van der Waals surface area contributed by atoms with Crippen LogP contribution in [0.2, 0.25) is 0 Å². The van der Waals surface area contributed by atoms with Crippen molar-refractivity contribution in [2.24, 2.45) is 0 Å². The van der Waals surface area contributed by atoms with Crippen LogP contribution in [0.1, 0.15) is 15.9 Å². The maximum Gasteiger partial charge on any atom is 0.573 e. The second-order valence-corrected chi connectivity index (χ2v) is 5.63. The van der Waals surface area contributed by atoms with Crippen molar-refractivity contribution in [2.75, 3.05) is 6.54 Å². The van der Waals surface area contributed by atoms with Crippen LogP contribution >= 0.6 is 0 Å². The molecule has 3 aromatic rings. The summed E-state index contributed by atoms with van der Waals surface area (Å²) in [5.41, 5.74) is -1.49. The van der Waals surface area contributed by atoms with E-state index in [1.807, 2.05) is 5.32 Å². The molecule has 0 unspecified atom stereocenters. The van der Waals surface area contributed by atoms with Gasteiger partial charge in [-0.2, -0.15) is 0 Å². The molecule has 0 saturated heterocycles. The molecule has 0 aliphatic heterocycles. The van der Waals surface area contributed by atoms with Crippen molar-refractivity contribution in [3.63, 3.8) is 0 Å². The first-order valence-electron chi connectivity index (χ1n) is 7.68. The molecule has 2 heterocycles. The van der Waals surface area contributed by atoms with Gasteiger partial charge in [0, 0.05) is 10.9 Å². The number of nitrogens with zero attached hydrogens (tertiary/aromatic N) is 1. The fraction of sp³-hybridized carbons (Fsp3) is 0.188. The number of halogens is 3. The van der Waals surface area contributed by atoms with Crippen molar-refractivity contribution in [1.82, 2.24) is 14.9 Å². The van der Waals surface area contributed by atoms with E-state index in [2.05, 4.69) is 9.84 Å². The van der Waals surface area contributed by atoms with Crippen LogP contribution in [0.25, 0.3) is 16.4 Å². The normalized spacial score (nSPS) is 11.7. The van der Waals surface area contributed by atoms with E-state index in [0.717, 1.165) is 10.6 Å². The highest BCUT2D eigenvalue weighted by atomic mass is 19.4. The van der Waals surface area contributed by atoms with E-state index in [0.29, 0.717) is 0 Å². The minimum atomic E-state index is -4.95. The van der Waals surface area contributed by atoms with Crippen molar-refractivity contribution in [2.45, 2.75) is 13.0 Å². The number of aromatic nitrogens is 2. The van der Waals surface area contributed by atoms with Crippen molar-refractivity contribution in [3.05, 3.63) is 45.7 Å². The van der Waals surface area contributed by atoms with Gasteiger partial charge in [-0.1, -0.05) is 6.07 Å². The number of hydrogen-bond donors (Lipinski definition) is 4. The Bertz CT molecular complexity index is 1150. The van der Waals surface area contributed by atoms with Crippen LogP contribution in [0.15, 0.2) is 29.1 Å². The quantitative estimate of drug-likeness (QED) is 0.506. The molecular formula is C16H12F3N3O6. The van der Waals surface area contributed by atoms with Crippen molar-refractivity contribution in [3.8, 4) is 5.75 Å². The van der Waals surface area contributed by atoms with Gasteiger partial charge in [0.1, 0.15) is 17.9 Å². The van der Waals surface area contributed by atoms with E-state index in [1.54, 1.807) is 0 Å². The minimum Gasteiger partial charge on any atom is -0.480 e. The highest BCUT2D eigenvalue weighted by molar-refractivity contribution is 6.00. The average Bonchev–Trinajstić information content (AvgIpc) is 2.96. The Labute approximate surface area is 152 Å². The number of aromatic amines is 1. The SMILES string of the molecule is O=C(O)CNC(=O)c1c(CO)c2cc3c(OC(F)(F)F)cccc3n2[nH]c1=O. The zero-order chi connectivity index (χ0) is 20.6. The number of amides is 1. The number of hydrogen-bond acceptors (Lipinski definition) is 5. The Morgan fingerprint density at radius 2 is 1.96 bits per heavy atom. The fourth-order valence-electron chi connectivity index (χ4n) is 2.83. The van der Waals surface area contributed by atoms with Gasteiger partial charge in [-0.3, -0.25) is 24.0 Å². The predicted molar refractivity (Wildman–Crippen MR) is 88.1 cm³/mol. The van der Waals surface area contributed by atoms with Crippen LogP contribution in [0.5, 0.6) is 5.75 Å². The average molecular weight is 399 g/mol. The number of ether oxygens (including phenoxy) is 1. The summed E-state index contributed by atoms with van der Waals surface area (Å²) in [7, 11) is 0. The summed E-state index contributed by atoms with van der Waals surface area (Å²) < 4.78 is 43.0. The van der Waals surface area contributed by atoms with Gasteiger partial charge in [0.2, 0.25) is 0 Å². The number of fused-ring (bicyclic) bond motifs is 3. The lowest BCUT2D eigenvalue weighted by Crippen LogP contribution is -2.35. The van der Waals surface area contributed by atoms with Crippen molar-refractivity contribution in [1.29, 1.82) is 0 Å². The van der Waals surface area contributed by atoms with Crippen LogP contribution in [0.3, 0.4) is 0 Å². The molecule has 0 fully saturated rings. The second kappa shape index (κ2) is 6.88. The highest BCUT2D eigenvalue weighted by Gasteiger charge is 2.32. The molecule has 148 valence electrons. The fourth-order valence-corrected chi connectivity index (χ4v) is 2.83. The van der Waals surface area contributed by atoms with Gasteiger partial charge in [-0.05, 0) is 18.2 Å². The first kappa shape index (κ1) is 19.2. The summed E-state index contributed by atoms with van der Waals surface area (Å²) >= 11 is 0. The van der Waals surface area contributed by atoms with Gasteiger partial charge < -0.3 is 20.3 Å². The summed E-state index contributed by atoms with van der Waals surface area (Å²) in [4.78, 5) is 35.1. The zero-order valence-corrected chi connectivity index (χ0v) is 13.8. The number of carbonyl (C=O) groups is 2.